The molecule has 0 saturated carbocycles. The highest BCUT2D eigenvalue weighted by Gasteiger charge is 2.38. The topological polar surface area (TPSA) is 64.6 Å². The van der Waals surface area contributed by atoms with Crippen molar-refractivity contribution in [1.82, 2.24) is 15.5 Å². The van der Waals surface area contributed by atoms with Crippen LogP contribution in [0.25, 0.3) is 0 Å². The van der Waals surface area contributed by atoms with Crippen LogP contribution in [-0.4, -0.2) is 61.8 Å². The molecule has 1 unspecified atom stereocenters. The maximum atomic E-state index is 12.4. The maximum Gasteiger partial charge on any atom is 0.226 e. The van der Waals surface area contributed by atoms with Crippen LogP contribution in [0.15, 0.2) is 0 Å². The number of nitrogens with zero attached hydrogens (tertiary/aromatic N) is 1. The molecule has 0 bridgehead atoms. The zero-order valence-electron chi connectivity index (χ0n) is 12.8. The van der Waals surface area contributed by atoms with Crippen LogP contribution < -0.4 is 10.6 Å². The van der Waals surface area contributed by atoms with Crippen molar-refractivity contribution in [2.75, 3.05) is 40.3 Å². The lowest BCUT2D eigenvalue weighted by atomic mass is 9.76. The maximum absolute atomic E-state index is 12.4. The molecule has 1 aliphatic heterocycles. The molecule has 1 atom stereocenters. The van der Waals surface area contributed by atoms with Crippen LogP contribution in [0.5, 0.6) is 0 Å². The van der Waals surface area contributed by atoms with Gasteiger partial charge in [-0.2, -0.15) is 0 Å². The Bertz CT molecular complexity index is 297. The number of likely N-dealkylation sites (N-methyl/N-ethyl adjacent to an activating group) is 1. The summed E-state index contributed by atoms with van der Waals surface area (Å²) in [6.45, 7) is 6.47. The van der Waals surface area contributed by atoms with Crippen molar-refractivity contribution in [3.05, 3.63) is 0 Å². The van der Waals surface area contributed by atoms with E-state index in [4.69, 9.17) is 0 Å². The molecule has 1 saturated heterocycles. The molecule has 3 N–H and O–H groups in total. The Morgan fingerprint density at radius 2 is 2.00 bits per heavy atom. The highest BCUT2D eigenvalue weighted by atomic mass is 16.3. The SMILES string of the molecule is CCC1(C(=O)NCC(C)(O)CN(C)C)CCNCC1. The van der Waals surface area contributed by atoms with Crippen molar-refractivity contribution in [3.63, 3.8) is 0 Å². The van der Waals surface area contributed by atoms with E-state index in [0.29, 0.717) is 13.1 Å². The summed E-state index contributed by atoms with van der Waals surface area (Å²) in [5, 5.41) is 16.5. The fourth-order valence-electron chi connectivity index (χ4n) is 2.84. The summed E-state index contributed by atoms with van der Waals surface area (Å²) < 4.78 is 0. The normalized spacial score (nSPS) is 22.0. The Morgan fingerprint density at radius 1 is 1.42 bits per heavy atom. The van der Waals surface area contributed by atoms with Gasteiger partial charge >= 0.3 is 0 Å². The first-order chi connectivity index (χ1) is 8.81. The highest BCUT2D eigenvalue weighted by Crippen LogP contribution is 2.32. The second-order valence-corrected chi connectivity index (χ2v) is 6.30. The van der Waals surface area contributed by atoms with Gasteiger partial charge in [0.15, 0.2) is 0 Å². The Balaban J connectivity index is 2.53. The van der Waals surface area contributed by atoms with Gasteiger partial charge in [0, 0.05) is 13.1 Å². The molecule has 5 heteroatoms. The van der Waals surface area contributed by atoms with Gasteiger partial charge in [-0.05, 0) is 53.4 Å². The number of nitrogens with one attached hydrogen (secondary N) is 2. The molecule has 0 aromatic heterocycles. The average Bonchev–Trinajstić information content (AvgIpc) is 2.35. The van der Waals surface area contributed by atoms with Crippen molar-refractivity contribution >= 4 is 5.91 Å². The molecule has 0 spiro atoms. The summed E-state index contributed by atoms with van der Waals surface area (Å²) in [5.74, 6) is 0.0931. The molecule has 0 radical (unpaired) electrons. The zero-order chi connectivity index (χ0) is 14.5. The van der Waals surface area contributed by atoms with Crippen molar-refractivity contribution in [2.24, 2.45) is 5.41 Å². The average molecular weight is 271 g/mol. The quantitative estimate of drug-likeness (QED) is 0.645. The Labute approximate surface area is 116 Å². The van der Waals surface area contributed by atoms with Crippen molar-refractivity contribution < 1.29 is 9.90 Å². The number of rotatable bonds is 6. The van der Waals surface area contributed by atoms with E-state index in [1.807, 2.05) is 19.0 Å². The third-order valence-electron chi connectivity index (χ3n) is 4.01. The molecule has 1 aliphatic rings. The van der Waals surface area contributed by atoms with Crippen LogP contribution in [0.1, 0.15) is 33.1 Å². The van der Waals surface area contributed by atoms with Crippen LogP contribution in [0.4, 0.5) is 0 Å². The van der Waals surface area contributed by atoms with Gasteiger partial charge in [0.25, 0.3) is 0 Å². The summed E-state index contributed by atoms with van der Waals surface area (Å²) in [6.07, 6.45) is 2.62. The molecule has 5 nitrogen and oxygen atoms in total. The molecule has 0 aromatic rings. The minimum atomic E-state index is -0.888. The first-order valence-corrected chi connectivity index (χ1v) is 7.17. The van der Waals surface area contributed by atoms with Crippen molar-refractivity contribution in [3.8, 4) is 0 Å². The summed E-state index contributed by atoms with van der Waals surface area (Å²) in [6, 6.07) is 0. The molecular formula is C14H29N3O2. The van der Waals surface area contributed by atoms with Crippen LogP contribution in [0, 0.1) is 5.41 Å². The van der Waals surface area contributed by atoms with Gasteiger partial charge in [0.2, 0.25) is 5.91 Å². The lowest BCUT2D eigenvalue weighted by Gasteiger charge is -2.36. The number of piperidine rings is 1. The van der Waals surface area contributed by atoms with Gasteiger partial charge in [-0.15, -0.1) is 0 Å². The predicted molar refractivity (Wildman–Crippen MR) is 77.0 cm³/mol. The molecule has 19 heavy (non-hydrogen) atoms. The summed E-state index contributed by atoms with van der Waals surface area (Å²) in [7, 11) is 3.83. The molecule has 0 aliphatic carbocycles. The number of amides is 1. The molecule has 1 amide bonds. The minimum Gasteiger partial charge on any atom is -0.387 e. The van der Waals surface area contributed by atoms with Crippen LogP contribution in [0.2, 0.25) is 0 Å². The van der Waals surface area contributed by atoms with E-state index in [9.17, 15) is 9.90 Å². The monoisotopic (exact) mass is 271 g/mol. The number of carbonyl (C=O) groups is 1. The standard InChI is InChI=1S/C14H29N3O2/c1-5-14(6-8-15-9-7-14)12(18)16-10-13(2,19)11-17(3)4/h15,19H,5-11H2,1-4H3,(H,16,18). The summed E-state index contributed by atoms with van der Waals surface area (Å²) >= 11 is 0. The summed E-state index contributed by atoms with van der Waals surface area (Å²) in [4.78, 5) is 14.3. The van der Waals surface area contributed by atoms with Gasteiger partial charge < -0.3 is 20.6 Å². The Morgan fingerprint density at radius 3 is 2.47 bits per heavy atom. The molecule has 1 heterocycles. The Hall–Kier alpha value is -0.650. The van der Waals surface area contributed by atoms with E-state index >= 15 is 0 Å². The lowest BCUT2D eigenvalue weighted by molar-refractivity contribution is -0.134. The van der Waals surface area contributed by atoms with E-state index in [1.165, 1.54) is 0 Å². The van der Waals surface area contributed by atoms with Gasteiger partial charge in [0.1, 0.15) is 0 Å². The van der Waals surface area contributed by atoms with E-state index in [2.05, 4.69) is 17.6 Å². The molecular weight excluding hydrogens is 242 g/mol. The van der Waals surface area contributed by atoms with E-state index in [-0.39, 0.29) is 11.3 Å². The van der Waals surface area contributed by atoms with Gasteiger partial charge in [-0.1, -0.05) is 6.92 Å². The van der Waals surface area contributed by atoms with E-state index < -0.39 is 5.60 Å². The number of hydrogen-bond acceptors (Lipinski definition) is 4. The van der Waals surface area contributed by atoms with E-state index in [1.54, 1.807) is 6.92 Å². The molecule has 0 aromatic carbocycles. The van der Waals surface area contributed by atoms with Crippen molar-refractivity contribution in [2.45, 2.75) is 38.7 Å². The largest absolute Gasteiger partial charge is 0.387 e. The summed E-state index contributed by atoms with van der Waals surface area (Å²) in [5.41, 5.74) is -1.14. The third kappa shape index (κ3) is 4.75. The lowest BCUT2D eigenvalue weighted by Crippen LogP contribution is -2.52. The van der Waals surface area contributed by atoms with Crippen molar-refractivity contribution in [1.29, 1.82) is 0 Å². The van der Waals surface area contributed by atoms with Crippen LogP contribution >= 0.6 is 0 Å². The predicted octanol–water partition coefficient (Wildman–Crippen LogP) is 0.195. The fraction of sp³-hybridized carbons (Fsp3) is 0.929. The number of hydrogen-bond donors (Lipinski definition) is 3. The Kier molecular flexibility index (Phi) is 5.77. The number of aliphatic hydroxyl groups is 1. The second kappa shape index (κ2) is 6.68. The van der Waals surface area contributed by atoms with Gasteiger partial charge in [-0.3, -0.25) is 4.79 Å². The molecule has 1 fully saturated rings. The van der Waals surface area contributed by atoms with Crippen LogP contribution in [0.3, 0.4) is 0 Å². The molecule has 1 rings (SSSR count). The molecule has 112 valence electrons. The van der Waals surface area contributed by atoms with Gasteiger partial charge in [-0.25, -0.2) is 0 Å². The zero-order valence-corrected chi connectivity index (χ0v) is 12.8. The highest BCUT2D eigenvalue weighted by molar-refractivity contribution is 5.82. The first kappa shape index (κ1) is 16.4. The minimum absolute atomic E-state index is 0.0931. The second-order valence-electron chi connectivity index (χ2n) is 6.30. The third-order valence-corrected chi connectivity index (χ3v) is 4.01. The van der Waals surface area contributed by atoms with Crippen LogP contribution in [-0.2, 0) is 4.79 Å². The fourth-order valence-corrected chi connectivity index (χ4v) is 2.84. The number of carbonyl (C=O) groups excluding carboxylic acids is 1. The van der Waals surface area contributed by atoms with Gasteiger partial charge in [0.05, 0.1) is 11.0 Å². The first-order valence-electron chi connectivity index (χ1n) is 7.17. The smallest absolute Gasteiger partial charge is 0.226 e. The van der Waals surface area contributed by atoms with E-state index in [0.717, 1.165) is 32.4 Å².